The Balaban J connectivity index is 1.60. The van der Waals surface area contributed by atoms with Crippen LogP contribution in [0, 0.1) is 0 Å². The van der Waals surface area contributed by atoms with Gasteiger partial charge in [0.15, 0.2) is 0 Å². The summed E-state index contributed by atoms with van der Waals surface area (Å²) in [6, 6.07) is 10.2. The largest absolute Gasteiger partial charge is 0.378 e. The highest BCUT2D eigenvalue weighted by Crippen LogP contribution is 2.27. The van der Waals surface area contributed by atoms with Crippen LogP contribution in [0.2, 0.25) is 0 Å². The van der Waals surface area contributed by atoms with Gasteiger partial charge in [0.05, 0.1) is 13.2 Å². The van der Waals surface area contributed by atoms with Crippen LogP contribution in [0.15, 0.2) is 30.3 Å². The molecule has 2 bridgehead atoms. The van der Waals surface area contributed by atoms with Gasteiger partial charge in [-0.25, -0.2) is 0 Å². The maximum atomic E-state index is 5.60. The van der Waals surface area contributed by atoms with Crippen LogP contribution in [0.4, 0.5) is 0 Å². The predicted molar refractivity (Wildman–Crippen MR) is 88.4 cm³/mol. The third-order valence-corrected chi connectivity index (χ3v) is 4.58. The number of nitrogens with one attached hydrogen (secondary N) is 1. The molecule has 2 aliphatic rings. The van der Waals surface area contributed by atoms with E-state index in [1.54, 1.807) is 0 Å². The molecule has 2 unspecified atom stereocenters. The molecule has 0 aliphatic carbocycles. The number of hydrogen-bond acceptors (Lipinski definition) is 2. The van der Waals surface area contributed by atoms with Gasteiger partial charge in [-0.05, 0) is 36.0 Å². The first kappa shape index (κ1) is 14.8. The molecule has 2 aliphatic heterocycles. The van der Waals surface area contributed by atoms with Crippen LogP contribution in [0.25, 0.3) is 5.57 Å². The van der Waals surface area contributed by atoms with Gasteiger partial charge < -0.3 is 10.1 Å². The second-order valence-electron chi connectivity index (χ2n) is 6.41. The first-order chi connectivity index (χ1) is 10.3. The summed E-state index contributed by atoms with van der Waals surface area (Å²) >= 11 is 0. The van der Waals surface area contributed by atoms with Gasteiger partial charge in [-0.15, -0.1) is 0 Å². The van der Waals surface area contributed by atoms with Crippen molar-refractivity contribution in [2.45, 2.75) is 57.5 Å². The Bertz CT molecular complexity index is 477. The Kier molecular flexibility index (Phi) is 5.10. The topological polar surface area (TPSA) is 21.3 Å². The molecule has 1 aromatic carbocycles. The summed E-state index contributed by atoms with van der Waals surface area (Å²) in [4.78, 5) is 0. The van der Waals surface area contributed by atoms with Crippen molar-refractivity contribution in [2.24, 2.45) is 0 Å². The fraction of sp³-hybridized carbons (Fsp3) is 0.579. The number of fused-ring (bicyclic) bond motifs is 2. The number of hydrogen-bond donors (Lipinski definition) is 1. The second-order valence-corrected chi connectivity index (χ2v) is 6.41. The van der Waals surface area contributed by atoms with E-state index in [-0.39, 0.29) is 0 Å². The third kappa shape index (κ3) is 3.96. The number of benzene rings is 1. The molecule has 0 amide bonds. The van der Waals surface area contributed by atoms with E-state index in [0.29, 0.717) is 12.1 Å². The zero-order valence-corrected chi connectivity index (χ0v) is 13.1. The van der Waals surface area contributed by atoms with Gasteiger partial charge in [-0.3, -0.25) is 0 Å². The molecule has 0 spiro atoms. The minimum Gasteiger partial charge on any atom is -0.378 e. The molecule has 0 radical (unpaired) electrons. The highest BCUT2D eigenvalue weighted by molar-refractivity contribution is 5.68. The van der Waals surface area contributed by atoms with Crippen LogP contribution in [0.3, 0.4) is 0 Å². The van der Waals surface area contributed by atoms with Crippen molar-refractivity contribution in [3.05, 3.63) is 41.5 Å². The smallest absolute Gasteiger partial charge is 0.0656 e. The molecule has 2 nitrogen and oxygen atoms in total. The Morgan fingerprint density at radius 1 is 1.10 bits per heavy atom. The fourth-order valence-electron chi connectivity index (χ4n) is 3.38. The monoisotopic (exact) mass is 285 g/mol. The lowest BCUT2D eigenvalue weighted by molar-refractivity contribution is 0.0561. The lowest BCUT2D eigenvalue weighted by atomic mass is 9.91. The maximum Gasteiger partial charge on any atom is 0.0656 e. The van der Waals surface area contributed by atoms with E-state index in [2.05, 4.69) is 42.6 Å². The summed E-state index contributed by atoms with van der Waals surface area (Å²) in [5, 5.41) is 3.60. The van der Waals surface area contributed by atoms with Crippen LogP contribution in [-0.2, 0) is 11.2 Å². The molecule has 3 rings (SSSR count). The lowest BCUT2D eigenvalue weighted by Crippen LogP contribution is -2.50. The van der Waals surface area contributed by atoms with Gasteiger partial charge in [0.1, 0.15) is 0 Å². The van der Waals surface area contributed by atoms with E-state index < -0.39 is 0 Å². The molecule has 0 saturated carbocycles. The minimum absolute atomic E-state index is 0.404. The number of rotatable bonds is 6. The Labute approximate surface area is 128 Å². The van der Waals surface area contributed by atoms with Crippen LogP contribution in [0.5, 0.6) is 0 Å². The summed E-state index contributed by atoms with van der Waals surface area (Å²) in [7, 11) is 0. The van der Waals surface area contributed by atoms with E-state index in [0.717, 1.165) is 19.6 Å². The molecule has 2 heteroatoms. The first-order valence-corrected chi connectivity index (χ1v) is 8.49. The first-order valence-electron chi connectivity index (χ1n) is 8.49. The molecule has 1 N–H and O–H groups in total. The Hall–Kier alpha value is -1.12. The summed E-state index contributed by atoms with van der Waals surface area (Å²) in [5.74, 6) is 0. The van der Waals surface area contributed by atoms with Crippen LogP contribution in [0.1, 0.15) is 50.2 Å². The number of morpholine rings is 1. The van der Waals surface area contributed by atoms with Gasteiger partial charge in [-0.2, -0.15) is 0 Å². The van der Waals surface area contributed by atoms with Gasteiger partial charge >= 0.3 is 0 Å². The molecule has 2 heterocycles. The zero-order valence-electron chi connectivity index (χ0n) is 13.1. The summed E-state index contributed by atoms with van der Waals surface area (Å²) < 4.78 is 5.60. The minimum atomic E-state index is 0.404. The zero-order chi connectivity index (χ0) is 14.5. The summed E-state index contributed by atoms with van der Waals surface area (Å²) in [6.07, 6.45) is 10.0. The van der Waals surface area contributed by atoms with Gasteiger partial charge in [0.25, 0.3) is 0 Å². The van der Waals surface area contributed by atoms with Crippen molar-refractivity contribution in [1.82, 2.24) is 5.32 Å². The predicted octanol–water partition coefficient (Wildman–Crippen LogP) is 3.95. The third-order valence-electron chi connectivity index (χ3n) is 4.58. The van der Waals surface area contributed by atoms with E-state index in [1.165, 1.54) is 48.8 Å². The number of aryl methyl sites for hydroxylation is 1. The van der Waals surface area contributed by atoms with Crippen molar-refractivity contribution >= 4 is 5.57 Å². The fourth-order valence-corrected chi connectivity index (χ4v) is 3.38. The van der Waals surface area contributed by atoms with E-state index in [1.807, 2.05) is 0 Å². The number of ether oxygens (including phenoxy) is 1. The SMILES string of the molecule is CCCCCCc1ccc(C2=CC3COCC(C2)N3)cc1. The molecule has 1 aromatic rings. The average Bonchev–Trinajstić information content (AvgIpc) is 2.52. The van der Waals surface area contributed by atoms with Crippen LogP contribution in [-0.4, -0.2) is 25.3 Å². The van der Waals surface area contributed by atoms with Crippen LogP contribution >= 0.6 is 0 Å². The Morgan fingerprint density at radius 3 is 2.71 bits per heavy atom. The summed E-state index contributed by atoms with van der Waals surface area (Å²) in [6.45, 7) is 3.93. The standard InChI is InChI=1S/C19H27NO/c1-2-3-4-5-6-15-7-9-16(10-8-15)17-11-18-13-21-14-19(12-17)20-18/h7-11,18-20H,2-6,12-14H2,1H3. The number of unbranched alkanes of at least 4 members (excludes halogenated alkanes) is 3. The molecule has 0 aromatic heterocycles. The average molecular weight is 285 g/mol. The molecule has 1 saturated heterocycles. The van der Waals surface area contributed by atoms with Gasteiger partial charge in [-0.1, -0.05) is 56.5 Å². The van der Waals surface area contributed by atoms with E-state index >= 15 is 0 Å². The lowest BCUT2D eigenvalue weighted by Gasteiger charge is -2.35. The van der Waals surface area contributed by atoms with E-state index in [4.69, 9.17) is 4.74 Å². The van der Waals surface area contributed by atoms with Crippen molar-refractivity contribution in [2.75, 3.05) is 13.2 Å². The molecule has 1 fully saturated rings. The van der Waals surface area contributed by atoms with Crippen molar-refractivity contribution in [3.8, 4) is 0 Å². The second kappa shape index (κ2) is 7.24. The highest BCUT2D eigenvalue weighted by Gasteiger charge is 2.26. The molecule has 114 valence electrons. The van der Waals surface area contributed by atoms with Gasteiger partial charge in [0, 0.05) is 12.1 Å². The molecular formula is C19H27NO. The highest BCUT2D eigenvalue weighted by atomic mass is 16.5. The quantitative estimate of drug-likeness (QED) is 0.799. The van der Waals surface area contributed by atoms with Crippen LogP contribution < -0.4 is 5.32 Å². The maximum absolute atomic E-state index is 5.60. The molecule has 21 heavy (non-hydrogen) atoms. The molecule has 2 atom stereocenters. The van der Waals surface area contributed by atoms with Crippen molar-refractivity contribution < 1.29 is 4.74 Å². The normalized spacial score (nSPS) is 24.7. The van der Waals surface area contributed by atoms with E-state index in [9.17, 15) is 0 Å². The Morgan fingerprint density at radius 2 is 1.95 bits per heavy atom. The van der Waals surface area contributed by atoms with Crippen molar-refractivity contribution in [1.29, 1.82) is 0 Å². The molecular weight excluding hydrogens is 258 g/mol. The van der Waals surface area contributed by atoms with Crippen molar-refractivity contribution in [3.63, 3.8) is 0 Å². The van der Waals surface area contributed by atoms with Gasteiger partial charge in [0.2, 0.25) is 0 Å². The summed E-state index contributed by atoms with van der Waals surface area (Å²) in [5.41, 5.74) is 4.36.